The first-order valence-corrected chi connectivity index (χ1v) is 10.5. The minimum Gasteiger partial charge on any atom is -0.452 e. The number of amides is 1. The van der Waals surface area contributed by atoms with Gasteiger partial charge in [0.1, 0.15) is 0 Å². The molecule has 1 aliphatic heterocycles. The van der Waals surface area contributed by atoms with E-state index in [0.29, 0.717) is 18.8 Å². The van der Waals surface area contributed by atoms with Crippen molar-refractivity contribution in [2.75, 3.05) is 25.0 Å². The first-order valence-electron chi connectivity index (χ1n) is 8.69. The number of halogens is 1. The lowest BCUT2D eigenvalue weighted by atomic mass is 10.2. The second-order valence-corrected chi connectivity index (χ2v) is 8.58. The molecule has 0 spiro atoms. The van der Waals surface area contributed by atoms with Crippen LogP contribution in [0.15, 0.2) is 53.4 Å². The van der Waals surface area contributed by atoms with Gasteiger partial charge in [0.2, 0.25) is 10.0 Å². The smallest absolute Gasteiger partial charge is 0.340 e. The molecule has 0 radical (unpaired) electrons. The highest BCUT2D eigenvalue weighted by Gasteiger charge is 2.26. The van der Waals surface area contributed by atoms with E-state index in [1.807, 2.05) is 0 Å². The molecule has 1 aliphatic rings. The van der Waals surface area contributed by atoms with Crippen molar-refractivity contribution in [2.45, 2.75) is 17.7 Å². The van der Waals surface area contributed by atoms with Gasteiger partial charge in [-0.05, 0) is 49.2 Å². The van der Waals surface area contributed by atoms with E-state index in [9.17, 15) is 18.0 Å². The number of nitrogens with zero attached hydrogens (tertiary/aromatic N) is 1. The van der Waals surface area contributed by atoms with Gasteiger partial charge in [-0.25, -0.2) is 13.2 Å². The van der Waals surface area contributed by atoms with E-state index in [0.717, 1.165) is 12.8 Å². The van der Waals surface area contributed by atoms with Crippen LogP contribution in [-0.2, 0) is 19.6 Å². The van der Waals surface area contributed by atoms with Crippen molar-refractivity contribution in [1.29, 1.82) is 0 Å². The molecule has 1 saturated heterocycles. The van der Waals surface area contributed by atoms with E-state index < -0.39 is 28.5 Å². The van der Waals surface area contributed by atoms with Gasteiger partial charge in [-0.3, -0.25) is 4.79 Å². The largest absolute Gasteiger partial charge is 0.452 e. The number of hydrogen-bond acceptors (Lipinski definition) is 5. The highest BCUT2D eigenvalue weighted by molar-refractivity contribution is 7.89. The number of esters is 1. The minimum absolute atomic E-state index is 0.174. The van der Waals surface area contributed by atoms with E-state index in [4.69, 9.17) is 16.3 Å². The highest BCUT2D eigenvalue weighted by atomic mass is 35.5. The molecule has 3 rings (SSSR count). The predicted octanol–water partition coefficient (Wildman–Crippen LogP) is 2.92. The average molecular weight is 423 g/mol. The maximum Gasteiger partial charge on any atom is 0.340 e. The predicted molar refractivity (Wildman–Crippen MR) is 105 cm³/mol. The molecule has 9 heteroatoms. The van der Waals surface area contributed by atoms with E-state index in [2.05, 4.69) is 5.32 Å². The molecule has 0 unspecified atom stereocenters. The molecule has 2 aromatic carbocycles. The fourth-order valence-corrected chi connectivity index (χ4v) is 4.55. The molecule has 0 aromatic heterocycles. The highest BCUT2D eigenvalue weighted by Crippen LogP contribution is 2.22. The van der Waals surface area contributed by atoms with Crippen molar-refractivity contribution in [3.63, 3.8) is 0 Å². The summed E-state index contributed by atoms with van der Waals surface area (Å²) in [5, 5.41) is 2.79. The van der Waals surface area contributed by atoms with Crippen molar-refractivity contribution in [3.8, 4) is 0 Å². The summed E-state index contributed by atoms with van der Waals surface area (Å²) in [4.78, 5) is 24.1. The quantitative estimate of drug-likeness (QED) is 0.722. The van der Waals surface area contributed by atoms with Crippen LogP contribution in [0.1, 0.15) is 23.2 Å². The zero-order valence-corrected chi connectivity index (χ0v) is 16.5. The SMILES string of the molecule is O=C(COC(=O)c1ccccc1Cl)Nc1ccc(S(=O)(=O)N2CCCC2)cc1. The van der Waals surface area contributed by atoms with Gasteiger partial charge in [-0.2, -0.15) is 4.31 Å². The maximum atomic E-state index is 12.5. The molecule has 1 heterocycles. The van der Waals surface area contributed by atoms with E-state index in [1.54, 1.807) is 18.2 Å². The Morgan fingerprint density at radius 2 is 1.68 bits per heavy atom. The van der Waals surface area contributed by atoms with Crippen molar-refractivity contribution in [3.05, 3.63) is 59.1 Å². The molecule has 148 valence electrons. The van der Waals surface area contributed by atoms with Crippen LogP contribution in [0.3, 0.4) is 0 Å². The zero-order valence-electron chi connectivity index (χ0n) is 14.9. The normalized spacial score (nSPS) is 14.6. The summed E-state index contributed by atoms with van der Waals surface area (Å²) in [6.45, 7) is 0.563. The summed E-state index contributed by atoms with van der Waals surface area (Å²) in [7, 11) is -3.50. The second-order valence-electron chi connectivity index (χ2n) is 6.24. The van der Waals surface area contributed by atoms with Crippen LogP contribution >= 0.6 is 11.6 Å². The maximum absolute atomic E-state index is 12.5. The summed E-state index contributed by atoms with van der Waals surface area (Å²) in [6, 6.07) is 12.3. The van der Waals surface area contributed by atoms with E-state index in [-0.39, 0.29) is 15.5 Å². The van der Waals surface area contributed by atoms with Crippen molar-refractivity contribution < 1.29 is 22.7 Å². The lowest BCUT2D eigenvalue weighted by molar-refractivity contribution is -0.119. The fourth-order valence-electron chi connectivity index (χ4n) is 2.82. The van der Waals surface area contributed by atoms with Gasteiger partial charge in [-0.15, -0.1) is 0 Å². The third-order valence-corrected chi connectivity index (χ3v) is 6.51. The number of sulfonamides is 1. The molecule has 2 aromatic rings. The van der Waals surface area contributed by atoms with Gasteiger partial charge in [0, 0.05) is 18.8 Å². The molecule has 0 bridgehead atoms. The van der Waals surface area contributed by atoms with Crippen LogP contribution < -0.4 is 5.32 Å². The van der Waals surface area contributed by atoms with Crippen molar-refractivity contribution in [1.82, 2.24) is 4.31 Å². The minimum atomic E-state index is -3.50. The number of carbonyl (C=O) groups is 2. The molecule has 1 amide bonds. The Labute approximate surface area is 168 Å². The molecule has 0 atom stereocenters. The lowest BCUT2D eigenvalue weighted by Crippen LogP contribution is -2.27. The second kappa shape index (κ2) is 8.72. The lowest BCUT2D eigenvalue weighted by Gasteiger charge is -2.15. The third kappa shape index (κ3) is 4.70. The molecule has 0 aliphatic carbocycles. The van der Waals surface area contributed by atoms with Gasteiger partial charge >= 0.3 is 5.97 Å². The first-order chi connectivity index (χ1) is 13.4. The number of hydrogen-bond donors (Lipinski definition) is 1. The van der Waals surface area contributed by atoms with Crippen molar-refractivity contribution >= 4 is 39.2 Å². The number of nitrogens with one attached hydrogen (secondary N) is 1. The number of rotatable bonds is 6. The Morgan fingerprint density at radius 1 is 1.04 bits per heavy atom. The van der Waals surface area contributed by atoms with Crippen LogP contribution in [0.25, 0.3) is 0 Å². The van der Waals surface area contributed by atoms with Crippen LogP contribution in [0.5, 0.6) is 0 Å². The summed E-state index contributed by atoms with van der Waals surface area (Å²) >= 11 is 5.91. The molecule has 28 heavy (non-hydrogen) atoms. The summed E-state index contributed by atoms with van der Waals surface area (Å²) in [6.07, 6.45) is 1.72. The van der Waals surface area contributed by atoms with Gasteiger partial charge in [-0.1, -0.05) is 23.7 Å². The monoisotopic (exact) mass is 422 g/mol. The van der Waals surface area contributed by atoms with Gasteiger partial charge in [0.15, 0.2) is 6.61 Å². The van der Waals surface area contributed by atoms with Crippen LogP contribution in [0.2, 0.25) is 5.02 Å². The van der Waals surface area contributed by atoms with Gasteiger partial charge < -0.3 is 10.1 Å². The van der Waals surface area contributed by atoms with Crippen LogP contribution in [0.4, 0.5) is 5.69 Å². The van der Waals surface area contributed by atoms with E-state index in [1.165, 1.54) is 34.6 Å². The van der Waals surface area contributed by atoms with Gasteiger partial charge in [0.05, 0.1) is 15.5 Å². The van der Waals surface area contributed by atoms with Gasteiger partial charge in [0.25, 0.3) is 5.91 Å². The Hall–Kier alpha value is -2.42. The standard InChI is InChI=1S/C19H19ClN2O5S/c20-17-6-2-1-5-16(17)19(24)27-13-18(23)21-14-7-9-15(10-8-14)28(25,26)22-11-3-4-12-22/h1-2,5-10H,3-4,11-13H2,(H,21,23). The number of benzene rings is 2. The number of carbonyl (C=O) groups excluding carboxylic acids is 2. The molecule has 1 N–H and O–H groups in total. The fraction of sp³-hybridized carbons (Fsp3) is 0.263. The molecule has 0 saturated carbocycles. The Kier molecular flexibility index (Phi) is 6.33. The molecule has 7 nitrogen and oxygen atoms in total. The Bertz CT molecular complexity index is 970. The summed E-state index contributed by atoms with van der Waals surface area (Å²) < 4.78 is 31.4. The summed E-state index contributed by atoms with van der Waals surface area (Å²) in [5.74, 6) is -1.25. The average Bonchev–Trinajstić information content (AvgIpc) is 3.23. The molecular formula is C19H19ClN2O5S. The molecule has 1 fully saturated rings. The van der Waals surface area contributed by atoms with Crippen LogP contribution in [-0.4, -0.2) is 44.3 Å². The molecular weight excluding hydrogens is 404 g/mol. The summed E-state index contributed by atoms with van der Waals surface area (Å²) in [5.41, 5.74) is 0.576. The zero-order chi connectivity index (χ0) is 20.1. The Morgan fingerprint density at radius 3 is 2.32 bits per heavy atom. The van der Waals surface area contributed by atoms with Crippen LogP contribution in [0, 0.1) is 0 Å². The van der Waals surface area contributed by atoms with Crippen molar-refractivity contribution in [2.24, 2.45) is 0 Å². The van der Waals surface area contributed by atoms with E-state index >= 15 is 0 Å². The first kappa shape index (κ1) is 20.3. The number of ether oxygens (including phenoxy) is 1. The third-order valence-electron chi connectivity index (χ3n) is 4.27. The number of anilines is 1. The topological polar surface area (TPSA) is 92.8 Å². The Balaban J connectivity index is 1.56.